The van der Waals surface area contributed by atoms with E-state index >= 15 is 0 Å². The van der Waals surface area contributed by atoms with E-state index in [1.165, 1.54) is 0 Å². The van der Waals surface area contributed by atoms with Crippen molar-refractivity contribution in [1.82, 2.24) is 15.1 Å². The largest absolute Gasteiger partial charge is 0.454 e. The maximum Gasteiger partial charge on any atom is 0.274 e. The molecule has 0 saturated carbocycles. The van der Waals surface area contributed by atoms with E-state index in [0.29, 0.717) is 17.3 Å². The third-order valence-electron chi connectivity index (χ3n) is 3.92. The van der Waals surface area contributed by atoms with E-state index in [-0.39, 0.29) is 12.7 Å². The molecular weight excluding hydrogens is 296 g/mol. The summed E-state index contributed by atoms with van der Waals surface area (Å²) in [7, 11) is 0. The summed E-state index contributed by atoms with van der Waals surface area (Å²) < 4.78 is 10.6. The van der Waals surface area contributed by atoms with Crippen molar-refractivity contribution < 1.29 is 14.3 Å². The van der Waals surface area contributed by atoms with Crippen LogP contribution in [0.1, 0.15) is 23.3 Å². The highest BCUT2D eigenvalue weighted by Gasteiger charge is 2.21. The summed E-state index contributed by atoms with van der Waals surface area (Å²) in [5.41, 5.74) is 1.20. The first-order chi connectivity index (χ1) is 11.3. The molecule has 7 heteroatoms. The van der Waals surface area contributed by atoms with E-state index < -0.39 is 0 Å². The summed E-state index contributed by atoms with van der Waals surface area (Å²) >= 11 is 0. The Bertz CT molecular complexity index is 727. The molecule has 3 heterocycles. The van der Waals surface area contributed by atoms with Gasteiger partial charge in [-0.1, -0.05) is 0 Å². The molecule has 1 saturated heterocycles. The number of benzene rings is 1. The number of carbonyl (C=O) groups is 1. The summed E-state index contributed by atoms with van der Waals surface area (Å²) in [6.45, 7) is 1.85. The number of anilines is 2. The number of ether oxygens (including phenoxy) is 2. The topological polar surface area (TPSA) is 76.6 Å². The van der Waals surface area contributed by atoms with Crippen LogP contribution in [-0.4, -0.2) is 40.9 Å². The molecule has 0 atom stereocenters. The van der Waals surface area contributed by atoms with Crippen LogP contribution < -0.4 is 14.8 Å². The van der Waals surface area contributed by atoms with Gasteiger partial charge in [-0.2, -0.15) is 0 Å². The second-order valence-corrected chi connectivity index (χ2v) is 5.50. The second kappa shape index (κ2) is 5.75. The molecule has 2 aliphatic heterocycles. The van der Waals surface area contributed by atoms with Gasteiger partial charge in [-0.3, -0.25) is 4.79 Å². The second-order valence-electron chi connectivity index (χ2n) is 5.50. The van der Waals surface area contributed by atoms with Crippen molar-refractivity contribution in [3.63, 3.8) is 0 Å². The van der Waals surface area contributed by atoms with Gasteiger partial charge in [0.2, 0.25) is 6.79 Å². The quantitative estimate of drug-likeness (QED) is 0.936. The summed E-state index contributed by atoms with van der Waals surface area (Å²) in [4.78, 5) is 14.0. The first-order valence-corrected chi connectivity index (χ1v) is 7.59. The number of nitrogens with zero attached hydrogens (tertiary/aromatic N) is 3. The Morgan fingerprint density at radius 2 is 1.87 bits per heavy atom. The molecule has 118 valence electrons. The summed E-state index contributed by atoms with van der Waals surface area (Å²) in [6.07, 6.45) is 2.12. The molecule has 0 spiro atoms. The minimum atomic E-state index is -0.0513. The van der Waals surface area contributed by atoms with Crippen molar-refractivity contribution in [2.45, 2.75) is 12.8 Å². The van der Waals surface area contributed by atoms with Crippen LogP contribution in [0.4, 0.5) is 11.5 Å². The Kier molecular flexibility index (Phi) is 3.45. The molecule has 1 amide bonds. The number of nitrogens with one attached hydrogen (secondary N) is 1. The minimum absolute atomic E-state index is 0.0513. The molecule has 4 rings (SSSR count). The number of hydrogen-bond donors (Lipinski definition) is 1. The van der Waals surface area contributed by atoms with E-state index in [2.05, 4.69) is 15.5 Å². The van der Waals surface area contributed by atoms with E-state index in [0.717, 1.165) is 37.4 Å². The third-order valence-corrected chi connectivity index (χ3v) is 3.92. The fraction of sp³-hybridized carbons (Fsp3) is 0.312. The van der Waals surface area contributed by atoms with Crippen molar-refractivity contribution >= 4 is 17.4 Å². The average Bonchev–Trinajstić information content (AvgIpc) is 3.26. The zero-order valence-electron chi connectivity index (χ0n) is 12.5. The maximum atomic E-state index is 12.2. The van der Waals surface area contributed by atoms with Crippen molar-refractivity contribution in [3.8, 4) is 11.5 Å². The molecule has 0 bridgehead atoms. The minimum Gasteiger partial charge on any atom is -0.454 e. The average molecular weight is 312 g/mol. The summed E-state index contributed by atoms with van der Waals surface area (Å²) in [5.74, 6) is 1.95. The number of fused-ring (bicyclic) bond motifs is 1. The third kappa shape index (κ3) is 2.77. The molecule has 2 aliphatic rings. The molecule has 1 aromatic heterocycles. The molecule has 1 N–H and O–H groups in total. The van der Waals surface area contributed by atoms with Gasteiger partial charge in [0.05, 0.1) is 0 Å². The molecule has 0 radical (unpaired) electrons. The Morgan fingerprint density at radius 1 is 1.04 bits per heavy atom. The van der Waals surface area contributed by atoms with Gasteiger partial charge in [0.15, 0.2) is 23.0 Å². The Labute approximate surface area is 133 Å². The van der Waals surface area contributed by atoms with Crippen LogP contribution in [0.5, 0.6) is 11.5 Å². The van der Waals surface area contributed by atoms with Gasteiger partial charge in [0.25, 0.3) is 5.91 Å². The number of amides is 1. The van der Waals surface area contributed by atoms with Gasteiger partial charge in [0.1, 0.15) is 0 Å². The lowest BCUT2D eigenvalue weighted by molar-refractivity contribution is 0.0786. The van der Waals surface area contributed by atoms with Crippen molar-refractivity contribution in [3.05, 3.63) is 36.0 Å². The van der Waals surface area contributed by atoms with Crippen molar-refractivity contribution in [2.75, 3.05) is 25.2 Å². The number of rotatable bonds is 3. The van der Waals surface area contributed by atoms with E-state index in [1.54, 1.807) is 12.1 Å². The van der Waals surface area contributed by atoms with E-state index in [9.17, 15) is 4.79 Å². The fourth-order valence-corrected chi connectivity index (χ4v) is 2.72. The normalized spacial score (nSPS) is 15.7. The fourth-order valence-electron chi connectivity index (χ4n) is 2.72. The first kappa shape index (κ1) is 13.8. The maximum absolute atomic E-state index is 12.2. The molecule has 1 aromatic carbocycles. The van der Waals surface area contributed by atoms with Crippen LogP contribution in [0.3, 0.4) is 0 Å². The van der Waals surface area contributed by atoms with Crippen LogP contribution in [-0.2, 0) is 0 Å². The van der Waals surface area contributed by atoms with Gasteiger partial charge in [0, 0.05) is 24.8 Å². The number of likely N-dealkylation sites (tertiary alicyclic amines) is 1. The van der Waals surface area contributed by atoms with Gasteiger partial charge < -0.3 is 19.7 Å². The highest BCUT2D eigenvalue weighted by atomic mass is 16.7. The van der Waals surface area contributed by atoms with Crippen LogP contribution in [0.15, 0.2) is 30.3 Å². The number of carbonyl (C=O) groups excluding carboxylic acids is 1. The SMILES string of the molecule is O=C(c1ccc(Nc2ccc3c(c2)OCO3)nn1)N1CCCC1. The van der Waals surface area contributed by atoms with Crippen LogP contribution in [0.25, 0.3) is 0 Å². The van der Waals surface area contributed by atoms with Gasteiger partial charge in [-0.15, -0.1) is 10.2 Å². The molecular formula is C16H16N4O3. The Balaban J connectivity index is 1.46. The van der Waals surface area contributed by atoms with Crippen molar-refractivity contribution in [2.24, 2.45) is 0 Å². The molecule has 0 unspecified atom stereocenters. The zero-order valence-corrected chi connectivity index (χ0v) is 12.5. The monoisotopic (exact) mass is 312 g/mol. The van der Waals surface area contributed by atoms with Crippen LogP contribution in [0.2, 0.25) is 0 Å². The predicted octanol–water partition coefficient (Wildman–Crippen LogP) is 2.18. The van der Waals surface area contributed by atoms with E-state index in [1.807, 2.05) is 23.1 Å². The highest BCUT2D eigenvalue weighted by molar-refractivity contribution is 5.92. The Hall–Kier alpha value is -2.83. The molecule has 0 aliphatic carbocycles. The number of hydrogen-bond acceptors (Lipinski definition) is 6. The highest BCUT2D eigenvalue weighted by Crippen LogP contribution is 2.34. The molecule has 1 fully saturated rings. The lowest BCUT2D eigenvalue weighted by atomic mass is 10.2. The zero-order chi connectivity index (χ0) is 15.6. The van der Waals surface area contributed by atoms with Crippen LogP contribution in [0, 0.1) is 0 Å². The smallest absolute Gasteiger partial charge is 0.274 e. The summed E-state index contributed by atoms with van der Waals surface area (Å²) in [5, 5.41) is 11.2. The number of aromatic nitrogens is 2. The molecule has 7 nitrogen and oxygen atoms in total. The van der Waals surface area contributed by atoms with Gasteiger partial charge in [-0.25, -0.2) is 0 Å². The first-order valence-electron chi connectivity index (χ1n) is 7.59. The standard InChI is InChI=1S/C16H16N4O3/c21-16(20-7-1-2-8-20)12-4-6-15(19-18-12)17-11-3-5-13-14(9-11)23-10-22-13/h3-6,9H,1-2,7-8,10H2,(H,17,19). The Morgan fingerprint density at radius 3 is 2.65 bits per heavy atom. The van der Waals surface area contributed by atoms with Gasteiger partial charge >= 0.3 is 0 Å². The van der Waals surface area contributed by atoms with E-state index in [4.69, 9.17) is 9.47 Å². The summed E-state index contributed by atoms with van der Waals surface area (Å²) in [6, 6.07) is 9.00. The van der Waals surface area contributed by atoms with Crippen LogP contribution >= 0.6 is 0 Å². The lowest BCUT2D eigenvalue weighted by Crippen LogP contribution is -2.28. The predicted molar refractivity (Wildman–Crippen MR) is 83.0 cm³/mol. The molecule has 23 heavy (non-hydrogen) atoms. The lowest BCUT2D eigenvalue weighted by Gasteiger charge is -2.14. The molecule has 2 aromatic rings. The van der Waals surface area contributed by atoms with Gasteiger partial charge in [-0.05, 0) is 37.1 Å². The van der Waals surface area contributed by atoms with Crippen molar-refractivity contribution in [1.29, 1.82) is 0 Å².